The minimum Gasteiger partial charge on any atom is -0.460 e. The van der Waals surface area contributed by atoms with E-state index < -0.39 is 60.7 Å². The average Bonchev–Trinajstić information content (AvgIpc) is 2.94. The molecule has 43 heavy (non-hydrogen) atoms. The largest absolute Gasteiger partial charge is 0.460 e. The first-order chi connectivity index (χ1) is 20.3. The lowest BCUT2D eigenvalue weighted by atomic mass is 9.93. The molecule has 1 heterocycles. The Labute approximate surface area is 249 Å². The molecule has 0 unspecified atom stereocenters. The number of ether oxygens (including phenoxy) is 6. The maximum absolute atomic E-state index is 12.2. The first-order valence-electron chi connectivity index (χ1n) is 13.8. The fourth-order valence-electron chi connectivity index (χ4n) is 4.86. The zero-order chi connectivity index (χ0) is 31.8. The summed E-state index contributed by atoms with van der Waals surface area (Å²) in [6.45, 7) is 8.23. The molecule has 1 saturated heterocycles. The number of rotatable bonds is 10. The van der Waals surface area contributed by atoms with Crippen molar-refractivity contribution in [3.8, 4) is 16.9 Å². The van der Waals surface area contributed by atoms with Gasteiger partial charge in [0.05, 0.1) is 0 Å². The predicted molar refractivity (Wildman–Crippen MR) is 152 cm³/mol. The summed E-state index contributed by atoms with van der Waals surface area (Å²) in [5.74, 6) is -2.66. The van der Waals surface area contributed by atoms with Crippen molar-refractivity contribution in [1.82, 2.24) is 5.32 Å². The molecule has 2 aromatic rings. The molecule has 2 aromatic carbocycles. The third-order valence-corrected chi connectivity index (χ3v) is 6.63. The SMILES string of the molecule is CC[C@H](OC(C)=O)[C@H]1O[C@H](Oc2ccc(-c3cccc(C(=O)NC)c3)cc2C)[C@@H](OC(C)=O)[C@@H](OC(C)=O)[C@@H]1OC(C)=O. The van der Waals surface area contributed by atoms with Crippen LogP contribution < -0.4 is 10.1 Å². The second kappa shape index (κ2) is 14.6. The number of amides is 1. The van der Waals surface area contributed by atoms with Gasteiger partial charge < -0.3 is 33.7 Å². The highest BCUT2D eigenvalue weighted by Crippen LogP contribution is 2.35. The zero-order valence-corrected chi connectivity index (χ0v) is 25.2. The van der Waals surface area contributed by atoms with Gasteiger partial charge in [-0.3, -0.25) is 24.0 Å². The van der Waals surface area contributed by atoms with Gasteiger partial charge in [-0.05, 0) is 54.3 Å². The minimum absolute atomic E-state index is 0.215. The van der Waals surface area contributed by atoms with Crippen molar-refractivity contribution in [3.63, 3.8) is 0 Å². The van der Waals surface area contributed by atoms with Gasteiger partial charge in [0.25, 0.3) is 5.91 Å². The van der Waals surface area contributed by atoms with Gasteiger partial charge in [0, 0.05) is 40.3 Å². The molecule has 1 amide bonds. The van der Waals surface area contributed by atoms with Crippen molar-refractivity contribution in [2.24, 2.45) is 0 Å². The van der Waals surface area contributed by atoms with Crippen LogP contribution >= 0.6 is 0 Å². The van der Waals surface area contributed by atoms with Gasteiger partial charge in [-0.25, -0.2) is 0 Å². The second-order valence-electron chi connectivity index (χ2n) is 10.0. The summed E-state index contributed by atoms with van der Waals surface area (Å²) < 4.78 is 34.5. The van der Waals surface area contributed by atoms with E-state index in [-0.39, 0.29) is 12.3 Å². The van der Waals surface area contributed by atoms with Crippen molar-refractivity contribution in [1.29, 1.82) is 0 Å². The van der Waals surface area contributed by atoms with Gasteiger partial charge in [-0.2, -0.15) is 0 Å². The van der Waals surface area contributed by atoms with Gasteiger partial charge in [-0.1, -0.05) is 25.1 Å². The van der Waals surface area contributed by atoms with Crippen LogP contribution in [-0.2, 0) is 42.9 Å². The smallest absolute Gasteiger partial charge is 0.303 e. The van der Waals surface area contributed by atoms with Crippen LogP contribution in [-0.4, -0.2) is 73.6 Å². The molecule has 0 aliphatic carbocycles. The fourth-order valence-corrected chi connectivity index (χ4v) is 4.86. The maximum atomic E-state index is 12.2. The molecule has 1 fully saturated rings. The Bertz CT molecular complexity index is 1360. The van der Waals surface area contributed by atoms with E-state index in [1.165, 1.54) is 6.92 Å². The van der Waals surface area contributed by atoms with E-state index in [0.29, 0.717) is 16.9 Å². The van der Waals surface area contributed by atoms with E-state index in [2.05, 4.69) is 5.32 Å². The molecule has 3 rings (SSSR count). The molecule has 6 atom stereocenters. The lowest BCUT2D eigenvalue weighted by Crippen LogP contribution is -2.65. The highest BCUT2D eigenvalue weighted by atomic mass is 16.7. The normalized spacial score (nSPS) is 22.0. The van der Waals surface area contributed by atoms with Crippen molar-refractivity contribution in [2.75, 3.05) is 7.05 Å². The highest BCUT2D eigenvalue weighted by molar-refractivity contribution is 5.95. The van der Waals surface area contributed by atoms with Crippen LogP contribution in [0.1, 0.15) is 57.0 Å². The van der Waals surface area contributed by atoms with Crippen molar-refractivity contribution in [3.05, 3.63) is 53.6 Å². The fraction of sp³-hybridized carbons (Fsp3) is 0.452. The molecule has 0 radical (unpaired) electrons. The molecule has 0 aromatic heterocycles. The van der Waals surface area contributed by atoms with Crippen LogP contribution in [0.5, 0.6) is 5.75 Å². The van der Waals surface area contributed by atoms with Gasteiger partial charge >= 0.3 is 23.9 Å². The standard InChI is InChI=1S/C31H37NO11/c1-8-24(38-17(3)33)26-27(39-18(4)34)28(40-19(5)35)29(41-20(6)36)31(43-26)42-25-13-12-22(14-16(25)2)21-10-9-11-23(15-21)30(37)32-7/h9-15,24,26-29,31H,8H2,1-7H3,(H,32,37)/t24-,26+,27+,28-,29-,31-/m0/s1. The molecule has 12 heteroatoms. The summed E-state index contributed by atoms with van der Waals surface area (Å²) in [6.07, 6.45) is -7.21. The van der Waals surface area contributed by atoms with E-state index in [9.17, 15) is 24.0 Å². The topological polar surface area (TPSA) is 153 Å². The van der Waals surface area contributed by atoms with Crippen LogP contribution in [0.4, 0.5) is 0 Å². The third-order valence-electron chi connectivity index (χ3n) is 6.63. The van der Waals surface area contributed by atoms with Gasteiger partial charge in [0.2, 0.25) is 12.4 Å². The minimum atomic E-state index is -1.37. The van der Waals surface area contributed by atoms with Crippen LogP contribution in [0.25, 0.3) is 11.1 Å². The number of hydrogen-bond donors (Lipinski definition) is 1. The van der Waals surface area contributed by atoms with E-state index in [0.717, 1.165) is 31.9 Å². The first-order valence-corrected chi connectivity index (χ1v) is 13.8. The molecule has 232 valence electrons. The Morgan fingerprint density at radius 2 is 1.42 bits per heavy atom. The summed E-state index contributed by atoms with van der Waals surface area (Å²) in [5, 5.41) is 2.60. The van der Waals surface area contributed by atoms with Gasteiger partial charge in [0.1, 0.15) is 18.0 Å². The summed E-state index contributed by atoms with van der Waals surface area (Å²) in [6, 6.07) is 12.4. The number of aryl methyl sites for hydroxylation is 1. The molecule has 0 saturated carbocycles. The monoisotopic (exact) mass is 599 g/mol. The van der Waals surface area contributed by atoms with Crippen LogP contribution in [0.2, 0.25) is 0 Å². The average molecular weight is 600 g/mol. The molecule has 0 spiro atoms. The lowest BCUT2D eigenvalue weighted by molar-refractivity contribution is -0.297. The summed E-state index contributed by atoms with van der Waals surface area (Å²) >= 11 is 0. The van der Waals surface area contributed by atoms with Crippen LogP contribution in [0.15, 0.2) is 42.5 Å². The number of nitrogens with one attached hydrogen (secondary N) is 1. The summed E-state index contributed by atoms with van der Waals surface area (Å²) in [7, 11) is 1.56. The maximum Gasteiger partial charge on any atom is 0.303 e. The molecule has 1 aliphatic heterocycles. The van der Waals surface area contributed by atoms with Crippen molar-refractivity contribution < 1.29 is 52.4 Å². The van der Waals surface area contributed by atoms with E-state index in [4.69, 9.17) is 28.4 Å². The Kier molecular flexibility index (Phi) is 11.2. The predicted octanol–water partition coefficient (Wildman–Crippen LogP) is 3.26. The van der Waals surface area contributed by atoms with E-state index in [1.807, 2.05) is 12.1 Å². The number of benzene rings is 2. The summed E-state index contributed by atoms with van der Waals surface area (Å²) in [4.78, 5) is 60.5. The van der Waals surface area contributed by atoms with Crippen LogP contribution in [0, 0.1) is 6.92 Å². The Hall–Kier alpha value is -4.45. The second-order valence-corrected chi connectivity index (χ2v) is 10.0. The molecular formula is C31H37NO11. The van der Waals surface area contributed by atoms with Gasteiger partial charge in [-0.15, -0.1) is 0 Å². The van der Waals surface area contributed by atoms with Crippen molar-refractivity contribution in [2.45, 2.75) is 84.8 Å². The third kappa shape index (κ3) is 8.54. The quantitative estimate of drug-likeness (QED) is 0.316. The molecule has 1 aliphatic rings. The zero-order valence-electron chi connectivity index (χ0n) is 25.2. The molecule has 1 N–H and O–H groups in total. The Morgan fingerprint density at radius 3 is 1.98 bits per heavy atom. The van der Waals surface area contributed by atoms with E-state index >= 15 is 0 Å². The number of esters is 4. The Morgan fingerprint density at radius 1 is 0.814 bits per heavy atom. The van der Waals surface area contributed by atoms with E-state index in [1.54, 1.807) is 51.2 Å². The van der Waals surface area contributed by atoms with Crippen LogP contribution in [0.3, 0.4) is 0 Å². The molecule has 12 nitrogen and oxygen atoms in total. The molecule has 0 bridgehead atoms. The molecular weight excluding hydrogens is 562 g/mol. The lowest BCUT2D eigenvalue weighted by Gasteiger charge is -2.46. The first kappa shape index (κ1) is 33.1. The van der Waals surface area contributed by atoms with Crippen molar-refractivity contribution >= 4 is 29.8 Å². The highest BCUT2D eigenvalue weighted by Gasteiger charge is 2.55. The van der Waals surface area contributed by atoms with Gasteiger partial charge in [0.15, 0.2) is 12.2 Å². The number of carbonyl (C=O) groups excluding carboxylic acids is 5. The summed E-state index contributed by atoms with van der Waals surface area (Å²) in [5.41, 5.74) is 2.78. The number of carbonyl (C=O) groups is 5. The Balaban J connectivity index is 2.04. The number of hydrogen-bond acceptors (Lipinski definition) is 11.